The summed E-state index contributed by atoms with van der Waals surface area (Å²) in [4.78, 5) is 24.7. The van der Waals surface area contributed by atoms with Gasteiger partial charge in [0.05, 0.1) is 23.6 Å². The quantitative estimate of drug-likeness (QED) is 0.225. The molecule has 3 aromatic rings. The van der Waals surface area contributed by atoms with Gasteiger partial charge in [-0.05, 0) is 53.6 Å². The molecule has 1 amide bonds. The number of nitrogens with zero attached hydrogens (tertiary/aromatic N) is 3. The minimum absolute atomic E-state index is 0.0447. The minimum atomic E-state index is -4.42. The van der Waals surface area contributed by atoms with Gasteiger partial charge in [0.2, 0.25) is 5.91 Å². The molecule has 0 aliphatic rings. The summed E-state index contributed by atoms with van der Waals surface area (Å²) in [7, 11) is 1.52. The van der Waals surface area contributed by atoms with Crippen molar-refractivity contribution in [1.29, 1.82) is 0 Å². The van der Waals surface area contributed by atoms with Gasteiger partial charge in [0, 0.05) is 50.3 Å². The van der Waals surface area contributed by atoms with Crippen LogP contribution in [0.1, 0.15) is 22.4 Å². The number of alkyl halides is 3. The highest BCUT2D eigenvalue weighted by atomic mass is 19.4. The van der Waals surface area contributed by atoms with Gasteiger partial charge in [-0.2, -0.15) is 13.2 Å². The van der Waals surface area contributed by atoms with Gasteiger partial charge < -0.3 is 14.2 Å². The summed E-state index contributed by atoms with van der Waals surface area (Å²) < 4.78 is 46.1. The van der Waals surface area contributed by atoms with Crippen molar-refractivity contribution in [2.75, 3.05) is 20.3 Å². The second kappa shape index (κ2) is 11.5. The Hall–Kier alpha value is -3.92. The molecule has 0 saturated heterocycles. The number of halogens is 3. The lowest BCUT2D eigenvalue weighted by Gasteiger charge is -2.22. The Morgan fingerprint density at radius 1 is 1.14 bits per heavy atom. The normalized spacial score (nSPS) is 11.7. The Morgan fingerprint density at radius 2 is 1.89 bits per heavy atom. The number of non-ortho nitro benzene ring substituents is 1. The zero-order valence-corrected chi connectivity index (χ0v) is 18.9. The van der Waals surface area contributed by atoms with Crippen molar-refractivity contribution in [1.82, 2.24) is 9.47 Å². The lowest BCUT2D eigenvalue weighted by molar-refractivity contribution is -0.384. The van der Waals surface area contributed by atoms with Crippen molar-refractivity contribution in [3.63, 3.8) is 0 Å². The molecule has 0 radical (unpaired) electrons. The number of carbonyl (C=O) groups is 1. The van der Waals surface area contributed by atoms with Crippen molar-refractivity contribution in [3.05, 3.63) is 105 Å². The zero-order valence-electron chi connectivity index (χ0n) is 18.9. The van der Waals surface area contributed by atoms with Crippen molar-refractivity contribution >= 4 is 17.7 Å². The Bertz CT molecular complexity index is 1190. The molecule has 0 fully saturated rings. The number of ether oxygens (including phenoxy) is 1. The third-order valence-electron chi connectivity index (χ3n) is 5.28. The molecule has 1 aromatic heterocycles. The average Bonchev–Trinajstić information content (AvgIpc) is 3.26. The molecule has 184 valence electrons. The van der Waals surface area contributed by atoms with E-state index in [0.29, 0.717) is 24.3 Å². The maximum atomic E-state index is 13.1. The number of amides is 1. The first-order valence-corrected chi connectivity index (χ1v) is 10.7. The van der Waals surface area contributed by atoms with Gasteiger partial charge in [0.15, 0.2) is 0 Å². The molecule has 0 aliphatic heterocycles. The number of hydrogen-bond acceptors (Lipinski definition) is 4. The van der Waals surface area contributed by atoms with Crippen LogP contribution in [-0.2, 0) is 28.8 Å². The molecule has 35 heavy (non-hydrogen) atoms. The monoisotopic (exact) mass is 487 g/mol. The van der Waals surface area contributed by atoms with Crippen LogP contribution in [0, 0.1) is 10.1 Å². The lowest BCUT2D eigenvalue weighted by atomic mass is 10.1. The second-order valence-corrected chi connectivity index (χ2v) is 7.76. The largest absolute Gasteiger partial charge is 0.416 e. The van der Waals surface area contributed by atoms with Gasteiger partial charge in [0.25, 0.3) is 5.69 Å². The van der Waals surface area contributed by atoms with E-state index in [9.17, 15) is 28.1 Å². The first kappa shape index (κ1) is 25.7. The summed E-state index contributed by atoms with van der Waals surface area (Å²) in [5.74, 6) is -0.299. The molecule has 7 nitrogen and oxygen atoms in total. The number of benzene rings is 2. The van der Waals surface area contributed by atoms with Gasteiger partial charge in [-0.25, -0.2) is 0 Å². The SMILES string of the molecule is COCCN(Cc1cccn1Cc1cccc(C(F)(F)F)c1)C(=O)C=Cc1ccc([N+](=O)[O-])cc1. The highest BCUT2D eigenvalue weighted by Gasteiger charge is 2.30. The Labute approximate surface area is 200 Å². The molecule has 1 heterocycles. The van der Waals surface area contributed by atoms with E-state index >= 15 is 0 Å². The summed E-state index contributed by atoms with van der Waals surface area (Å²) in [6.45, 7) is 1.04. The van der Waals surface area contributed by atoms with E-state index in [-0.39, 0.29) is 24.7 Å². The topological polar surface area (TPSA) is 77.6 Å². The maximum Gasteiger partial charge on any atom is 0.416 e. The smallest absolute Gasteiger partial charge is 0.383 e. The van der Waals surface area contributed by atoms with E-state index in [2.05, 4.69) is 0 Å². The number of carbonyl (C=O) groups excluding carboxylic acids is 1. The molecular weight excluding hydrogens is 463 g/mol. The fourth-order valence-corrected chi connectivity index (χ4v) is 3.43. The molecule has 0 bridgehead atoms. The molecule has 0 aliphatic carbocycles. The van der Waals surface area contributed by atoms with Crippen molar-refractivity contribution in [2.45, 2.75) is 19.3 Å². The van der Waals surface area contributed by atoms with Crippen molar-refractivity contribution in [2.24, 2.45) is 0 Å². The number of nitro groups is 1. The summed E-state index contributed by atoms with van der Waals surface area (Å²) in [5.41, 5.74) is 1.11. The van der Waals surface area contributed by atoms with Crippen LogP contribution < -0.4 is 0 Å². The fourth-order valence-electron chi connectivity index (χ4n) is 3.43. The van der Waals surface area contributed by atoms with Crippen LogP contribution in [0.5, 0.6) is 0 Å². The summed E-state index contributed by atoms with van der Waals surface area (Å²) >= 11 is 0. The van der Waals surface area contributed by atoms with E-state index in [1.165, 1.54) is 31.4 Å². The van der Waals surface area contributed by atoms with E-state index in [4.69, 9.17) is 4.74 Å². The predicted molar refractivity (Wildman–Crippen MR) is 124 cm³/mol. The van der Waals surface area contributed by atoms with Crippen molar-refractivity contribution in [3.8, 4) is 0 Å². The number of methoxy groups -OCH3 is 1. The van der Waals surface area contributed by atoms with E-state index in [1.807, 2.05) is 0 Å². The third kappa shape index (κ3) is 7.28. The molecule has 10 heteroatoms. The van der Waals surface area contributed by atoms with Crippen LogP contribution >= 0.6 is 0 Å². The van der Waals surface area contributed by atoms with Gasteiger partial charge in [-0.15, -0.1) is 0 Å². The maximum absolute atomic E-state index is 13.1. The number of hydrogen-bond donors (Lipinski definition) is 0. The van der Waals surface area contributed by atoms with Crippen LogP contribution in [0.15, 0.2) is 72.9 Å². The molecule has 0 spiro atoms. The standard InChI is InChI=1S/C25H24F3N3O4/c1-35-15-14-30(24(32)12-9-19-7-10-22(11-8-19)31(33)34)18-23-6-3-13-29(23)17-20-4-2-5-21(16-20)25(26,27)28/h2-13,16H,14-15,17-18H2,1H3. The third-order valence-corrected chi connectivity index (χ3v) is 5.28. The van der Waals surface area contributed by atoms with Gasteiger partial charge in [0.1, 0.15) is 0 Å². The van der Waals surface area contributed by atoms with Crippen LogP contribution in [0.2, 0.25) is 0 Å². The molecular formula is C25H24F3N3O4. The first-order chi connectivity index (χ1) is 16.7. The molecule has 0 atom stereocenters. The van der Waals surface area contributed by atoms with Gasteiger partial charge >= 0.3 is 6.18 Å². The Balaban J connectivity index is 1.74. The summed E-state index contributed by atoms with van der Waals surface area (Å²) in [5, 5.41) is 10.8. The molecule has 0 saturated carbocycles. The second-order valence-electron chi connectivity index (χ2n) is 7.76. The predicted octanol–water partition coefficient (Wildman–Crippen LogP) is 5.15. The number of nitro benzene ring substituents is 1. The molecule has 0 N–H and O–H groups in total. The summed E-state index contributed by atoms with van der Waals surface area (Å²) in [6.07, 6.45) is 0.265. The molecule has 0 unspecified atom stereocenters. The van der Waals surface area contributed by atoms with Crippen LogP contribution in [-0.4, -0.2) is 40.6 Å². The van der Waals surface area contributed by atoms with Crippen LogP contribution in [0.3, 0.4) is 0 Å². The Kier molecular flexibility index (Phi) is 8.43. The Morgan fingerprint density at radius 3 is 2.54 bits per heavy atom. The van der Waals surface area contributed by atoms with Crippen LogP contribution in [0.25, 0.3) is 6.08 Å². The first-order valence-electron chi connectivity index (χ1n) is 10.7. The van der Waals surface area contributed by atoms with Crippen LogP contribution in [0.4, 0.5) is 18.9 Å². The number of aromatic nitrogens is 1. The zero-order chi connectivity index (χ0) is 25.4. The minimum Gasteiger partial charge on any atom is -0.383 e. The number of rotatable bonds is 10. The highest BCUT2D eigenvalue weighted by molar-refractivity contribution is 5.91. The van der Waals surface area contributed by atoms with Gasteiger partial charge in [-0.3, -0.25) is 14.9 Å². The lowest BCUT2D eigenvalue weighted by Crippen LogP contribution is -2.33. The highest BCUT2D eigenvalue weighted by Crippen LogP contribution is 2.29. The van der Waals surface area contributed by atoms with Crippen molar-refractivity contribution < 1.29 is 27.6 Å². The molecule has 3 rings (SSSR count). The average molecular weight is 487 g/mol. The summed E-state index contributed by atoms with van der Waals surface area (Å²) in [6, 6.07) is 14.5. The van der Waals surface area contributed by atoms with E-state index in [0.717, 1.165) is 17.8 Å². The molecule has 2 aromatic carbocycles. The van der Waals surface area contributed by atoms with E-state index < -0.39 is 16.7 Å². The fraction of sp³-hybridized carbons (Fsp3) is 0.240. The van der Waals surface area contributed by atoms with Gasteiger partial charge in [-0.1, -0.05) is 12.1 Å². The van der Waals surface area contributed by atoms with E-state index in [1.54, 1.807) is 52.1 Å².